The van der Waals surface area contributed by atoms with Gasteiger partial charge in [-0.2, -0.15) is 18.3 Å². The molecule has 2 atom stereocenters. The minimum atomic E-state index is -4.57. The molecule has 4 rings (SSSR count). The number of nitrogens with zero attached hydrogens (tertiary/aromatic N) is 2. The van der Waals surface area contributed by atoms with E-state index >= 15 is 0 Å². The maximum absolute atomic E-state index is 13.9. The number of halogens is 5. The molecule has 10 heteroatoms. The molecule has 1 aliphatic rings. The van der Waals surface area contributed by atoms with Gasteiger partial charge in [0.2, 0.25) is 0 Å². The summed E-state index contributed by atoms with van der Waals surface area (Å²) in [5.74, 6) is -0.707. The number of aromatic nitrogens is 2. The first-order valence-electron chi connectivity index (χ1n) is 9.80. The first-order valence-corrected chi connectivity index (χ1v) is 11.0. The van der Waals surface area contributed by atoms with Gasteiger partial charge >= 0.3 is 6.18 Å². The third-order valence-electron chi connectivity index (χ3n) is 5.55. The van der Waals surface area contributed by atoms with Crippen LogP contribution in [0.4, 0.5) is 24.7 Å². The van der Waals surface area contributed by atoms with Gasteiger partial charge in [-0.05, 0) is 54.8 Å². The van der Waals surface area contributed by atoms with Crippen LogP contribution in [-0.2, 0) is 0 Å². The summed E-state index contributed by atoms with van der Waals surface area (Å²) < 4.78 is 43.3. The highest BCUT2D eigenvalue weighted by Crippen LogP contribution is 2.46. The van der Waals surface area contributed by atoms with Crippen molar-refractivity contribution in [2.45, 2.75) is 38.5 Å². The monoisotopic (exact) mass is 526 g/mol. The van der Waals surface area contributed by atoms with E-state index < -0.39 is 24.2 Å². The molecule has 1 amide bonds. The minimum Gasteiger partial charge on any atom is -0.362 e. The second kappa shape index (κ2) is 8.44. The van der Waals surface area contributed by atoms with Crippen LogP contribution in [0.15, 0.2) is 46.9 Å². The molecule has 0 radical (unpaired) electrons. The number of hydrogen-bond acceptors (Lipinski definition) is 3. The van der Waals surface area contributed by atoms with Crippen molar-refractivity contribution in [1.29, 1.82) is 0 Å². The summed E-state index contributed by atoms with van der Waals surface area (Å²) in [6.45, 7) is 3.83. The van der Waals surface area contributed by atoms with Crippen LogP contribution in [0.5, 0.6) is 0 Å². The SMILES string of the molecule is Cc1ccc(NC(=O)c2nn3c(c2Cl)N[C@@H](c2ccc(Br)cc2)C[C@@H]3C(F)(F)F)cc1C. The van der Waals surface area contributed by atoms with Gasteiger partial charge in [-0.15, -0.1) is 0 Å². The fraction of sp³-hybridized carbons (Fsp3) is 0.273. The number of fused-ring (bicyclic) bond motifs is 1. The Balaban J connectivity index is 1.69. The van der Waals surface area contributed by atoms with Crippen LogP contribution in [0, 0.1) is 13.8 Å². The molecule has 0 aliphatic carbocycles. The van der Waals surface area contributed by atoms with Gasteiger partial charge < -0.3 is 10.6 Å². The summed E-state index contributed by atoms with van der Waals surface area (Å²) >= 11 is 9.70. The number of nitrogens with one attached hydrogen (secondary N) is 2. The standard InChI is InChI=1S/C22H19BrClF3N4O/c1-11-3-8-15(9-12(11)2)28-21(32)19-18(24)20-29-16(13-4-6-14(23)7-5-13)10-17(22(25,26)27)31(20)30-19/h3-9,16-17,29H,10H2,1-2H3,(H,28,32)/t16-,17-/m1/s1. The van der Waals surface area contributed by atoms with Crippen LogP contribution in [0.25, 0.3) is 0 Å². The predicted molar refractivity (Wildman–Crippen MR) is 121 cm³/mol. The highest BCUT2D eigenvalue weighted by molar-refractivity contribution is 9.10. The summed E-state index contributed by atoms with van der Waals surface area (Å²) in [5, 5.41) is 9.51. The fourth-order valence-corrected chi connectivity index (χ4v) is 4.19. The van der Waals surface area contributed by atoms with Gasteiger partial charge in [0.1, 0.15) is 10.8 Å². The Labute approximate surface area is 196 Å². The van der Waals surface area contributed by atoms with Gasteiger partial charge in [-0.1, -0.05) is 45.7 Å². The number of benzene rings is 2. The Hall–Kier alpha value is -2.52. The quantitative estimate of drug-likeness (QED) is 0.393. The van der Waals surface area contributed by atoms with E-state index in [1.165, 1.54) is 0 Å². The van der Waals surface area contributed by atoms with E-state index in [1.54, 1.807) is 36.4 Å². The summed E-state index contributed by atoms with van der Waals surface area (Å²) in [6.07, 6.45) is -4.85. The Morgan fingerprint density at radius 1 is 1.19 bits per heavy atom. The maximum atomic E-state index is 13.9. The zero-order valence-electron chi connectivity index (χ0n) is 17.1. The summed E-state index contributed by atoms with van der Waals surface area (Å²) in [5.41, 5.74) is 2.93. The van der Waals surface area contributed by atoms with Crippen molar-refractivity contribution in [2.24, 2.45) is 0 Å². The van der Waals surface area contributed by atoms with Crippen LogP contribution in [0.2, 0.25) is 5.02 Å². The van der Waals surface area contributed by atoms with Crippen molar-refractivity contribution in [1.82, 2.24) is 9.78 Å². The zero-order valence-corrected chi connectivity index (χ0v) is 19.4. The van der Waals surface area contributed by atoms with Gasteiger partial charge in [0.05, 0.1) is 6.04 Å². The molecule has 2 heterocycles. The molecular weight excluding hydrogens is 509 g/mol. The van der Waals surface area contributed by atoms with Crippen molar-refractivity contribution < 1.29 is 18.0 Å². The van der Waals surface area contributed by atoms with Gasteiger partial charge in [0, 0.05) is 16.6 Å². The second-order valence-corrected chi connectivity index (χ2v) is 9.04. The van der Waals surface area contributed by atoms with Crippen LogP contribution >= 0.6 is 27.5 Å². The number of anilines is 2. The van der Waals surface area contributed by atoms with Crippen molar-refractivity contribution in [2.75, 3.05) is 10.6 Å². The molecule has 2 N–H and O–H groups in total. The lowest BCUT2D eigenvalue weighted by molar-refractivity contribution is -0.173. The molecule has 0 unspecified atom stereocenters. The molecular formula is C22H19BrClF3N4O. The third-order valence-corrected chi connectivity index (χ3v) is 6.43. The second-order valence-electron chi connectivity index (χ2n) is 7.75. The Morgan fingerprint density at radius 2 is 1.88 bits per heavy atom. The molecule has 5 nitrogen and oxygen atoms in total. The normalized spacial score (nSPS) is 18.1. The Bertz CT molecular complexity index is 1180. The number of alkyl halides is 3. The summed E-state index contributed by atoms with van der Waals surface area (Å²) in [7, 11) is 0. The Morgan fingerprint density at radius 3 is 2.50 bits per heavy atom. The fourth-order valence-electron chi connectivity index (χ4n) is 3.66. The molecule has 0 bridgehead atoms. The number of carbonyl (C=O) groups excluding carboxylic acids is 1. The third kappa shape index (κ3) is 4.36. The molecule has 0 saturated heterocycles. The lowest BCUT2D eigenvalue weighted by Gasteiger charge is -2.33. The number of carbonyl (C=O) groups is 1. The number of amides is 1. The van der Waals surface area contributed by atoms with E-state index in [1.807, 2.05) is 19.9 Å². The largest absolute Gasteiger partial charge is 0.410 e. The van der Waals surface area contributed by atoms with Crippen LogP contribution in [0.3, 0.4) is 0 Å². The van der Waals surface area contributed by atoms with E-state index in [2.05, 4.69) is 31.7 Å². The van der Waals surface area contributed by atoms with Crippen molar-refractivity contribution in [3.05, 3.63) is 74.3 Å². The highest BCUT2D eigenvalue weighted by atomic mass is 79.9. The molecule has 0 fully saturated rings. The van der Waals surface area contributed by atoms with Crippen molar-refractivity contribution >= 4 is 44.9 Å². The molecule has 3 aromatic rings. The highest BCUT2D eigenvalue weighted by Gasteiger charge is 2.47. The minimum absolute atomic E-state index is 0.0293. The molecule has 32 heavy (non-hydrogen) atoms. The number of hydrogen-bond donors (Lipinski definition) is 2. The van der Waals surface area contributed by atoms with E-state index in [0.717, 1.165) is 20.3 Å². The van der Waals surface area contributed by atoms with E-state index in [-0.39, 0.29) is 23.0 Å². The summed E-state index contributed by atoms with van der Waals surface area (Å²) in [6, 6.07) is 9.76. The van der Waals surface area contributed by atoms with Gasteiger partial charge in [-0.25, -0.2) is 4.68 Å². The number of rotatable bonds is 3. The number of aryl methyl sites for hydroxylation is 2. The van der Waals surface area contributed by atoms with E-state index in [4.69, 9.17) is 11.6 Å². The molecule has 168 valence electrons. The molecule has 1 aromatic heterocycles. The van der Waals surface area contributed by atoms with Gasteiger partial charge in [-0.3, -0.25) is 4.79 Å². The molecule has 1 aliphatic heterocycles. The lowest BCUT2D eigenvalue weighted by Crippen LogP contribution is -2.35. The van der Waals surface area contributed by atoms with Gasteiger partial charge in [0.25, 0.3) is 5.91 Å². The molecule has 0 spiro atoms. The van der Waals surface area contributed by atoms with Crippen molar-refractivity contribution in [3.8, 4) is 0 Å². The maximum Gasteiger partial charge on any atom is 0.410 e. The van der Waals surface area contributed by atoms with Crippen LogP contribution < -0.4 is 10.6 Å². The molecule has 2 aromatic carbocycles. The zero-order chi connectivity index (χ0) is 23.2. The average Bonchev–Trinajstić information content (AvgIpc) is 3.06. The average molecular weight is 528 g/mol. The van der Waals surface area contributed by atoms with Crippen LogP contribution in [-0.4, -0.2) is 21.9 Å². The van der Waals surface area contributed by atoms with E-state index in [0.29, 0.717) is 11.3 Å². The molecule has 0 saturated carbocycles. The van der Waals surface area contributed by atoms with Gasteiger partial charge in [0.15, 0.2) is 11.7 Å². The predicted octanol–water partition coefficient (Wildman–Crippen LogP) is 6.83. The lowest BCUT2D eigenvalue weighted by atomic mass is 9.97. The van der Waals surface area contributed by atoms with Crippen molar-refractivity contribution in [3.63, 3.8) is 0 Å². The topological polar surface area (TPSA) is 59.0 Å². The summed E-state index contributed by atoms with van der Waals surface area (Å²) in [4.78, 5) is 12.8. The first-order chi connectivity index (χ1) is 15.0. The smallest absolute Gasteiger partial charge is 0.362 e. The van der Waals surface area contributed by atoms with E-state index in [9.17, 15) is 18.0 Å². The van der Waals surface area contributed by atoms with Crippen LogP contribution in [0.1, 0.15) is 45.7 Å². The first kappa shape index (κ1) is 22.7. The Kier molecular flexibility index (Phi) is 5.98.